The van der Waals surface area contributed by atoms with Crippen molar-refractivity contribution in [2.24, 2.45) is 0 Å². The Hall–Kier alpha value is -2.82. The van der Waals surface area contributed by atoms with Crippen molar-refractivity contribution in [2.45, 2.75) is 0 Å². The first-order valence-electron chi connectivity index (χ1n) is 6.61. The molecule has 0 amide bonds. The largest absolute Gasteiger partial charge is 0.496 e. The summed E-state index contributed by atoms with van der Waals surface area (Å²) in [6.45, 7) is 0. The number of methoxy groups -OCH3 is 1. The predicted octanol–water partition coefficient (Wildman–Crippen LogP) is 2.93. The summed E-state index contributed by atoms with van der Waals surface area (Å²) in [5.74, 6) is 1.81. The summed E-state index contributed by atoms with van der Waals surface area (Å²) in [6.07, 6.45) is 0. The lowest BCUT2D eigenvalue weighted by Gasteiger charge is -2.10. The molecule has 2 aromatic carbocycles. The maximum atomic E-state index is 5.76. The van der Waals surface area contributed by atoms with Crippen molar-refractivity contribution in [3.63, 3.8) is 0 Å². The minimum absolute atomic E-state index is 0.254. The Morgan fingerprint density at radius 3 is 2.67 bits per heavy atom. The van der Waals surface area contributed by atoms with Crippen LogP contribution in [-0.4, -0.2) is 24.1 Å². The number of aromatic nitrogens is 2. The molecule has 0 saturated heterocycles. The van der Waals surface area contributed by atoms with Gasteiger partial charge in [0.1, 0.15) is 11.6 Å². The average molecular weight is 280 g/mol. The van der Waals surface area contributed by atoms with Gasteiger partial charge in [0.15, 0.2) is 0 Å². The fraction of sp³-hybridized carbons (Fsp3) is 0.125. The fourth-order valence-electron chi connectivity index (χ4n) is 2.39. The number of nitrogens with two attached hydrogens (primary N) is 1. The second kappa shape index (κ2) is 5.28. The van der Waals surface area contributed by atoms with Crippen LogP contribution >= 0.6 is 0 Å². The van der Waals surface area contributed by atoms with E-state index in [1.54, 1.807) is 7.11 Å². The molecule has 0 aliphatic rings. The SMILES string of the molecule is CNc1nc(N)nc2cc(-c3ccccc3OC)ccc12. The van der Waals surface area contributed by atoms with Gasteiger partial charge in [-0.2, -0.15) is 4.98 Å². The number of rotatable bonds is 3. The van der Waals surface area contributed by atoms with Gasteiger partial charge in [-0.05, 0) is 23.8 Å². The van der Waals surface area contributed by atoms with E-state index in [0.29, 0.717) is 0 Å². The summed E-state index contributed by atoms with van der Waals surface area (Å²) in [5, 5.41) is 3.97. The molecule has 3 aromatic rings. The van der Waals surface area contributed by atoms with Crippen molar-refractivity contribution in [1.82, 2.24) is 9.97 Å². The fourth-order valence-corrected chi connectivity index (χ4v) is 2.39. The van der Waals surface area contributed by atoms with Crippen molar-refractivity contribution in [3.05, 3.63) is 42.5 Å². The Balaban J connectivity index is 2.22. The lowest BCUT2D eigenvalue weighted by molar-refractivity contribution is 0.416. The summed E-state index contributed by atoms with van der Waals surface area (Å²) >= 11 is 0. The van der Waals surface area contributed by atoms with Crippen molar-refractivity contribution >= 4 is 22.7 Å². The summed E-state index contributed by atoms with van der Waals surface area (Å²) in [7, 11) is 3.48. The molecule has 3 rings (SSSR count). The molecule has 0 bridgehead atoms. The Kier molecular flexibility index (Phi) is 3.31. The van der Waals surface area contributed by atoms with Gasteiger partial charge in [-0.25, -0.2) is 4.98 Å². The predicted molar refractivity (Wildman–Crippen MR) is 85.5 cm³/mol. The smallest absolute Gasteiger partial charge is 0.222 e. The zero-order valence-electron chi connectivity index (χ0n) is 11.9. The summed E-state index contributed by atoms with van der Waals surface area (Å²) < 4.78 is 5.41. The minimum atomic E-state index is 0.254. The third-order valence-corrected chi connectivity index (χ3v) is 3.37. The molecule has 106 valence electrons. The van der Waals surface area contributed by atoms with Crippen LogP contribution < -0.4 is 15.8 Å². The van der Waals surface area contributed by atoms with Gasteiger partial charge in [0.25, 0.3) is 0 Å². The van der Waals surface area contributed by atoms with Gasteiger partial charge in [-0.3, -0.25) is 0 Å². The van der Waals surface area contributed by atoms with Gasteiger partial charge in [0, 0.05) is 18.0 Å². The standard InChI is InChI=1S/C16H16N4O/c1-18-15-12-8-7-10(9-13(12)19-16(17)20-15)11-5-3-4-6-14(11)21-2/h3-9H,1-2H3,(H3,17,18,19,20). The van der Waals surface area contributed by atoms with Gasteiger partial charge < -0.3 is 15.8 Å². The lowest BCUT2D eigenvalue weighted by atomic mass is 10.0. The van der Waals surface area contributed by atoms with Crippen LogP contribution in [0.1, 0.15) is 0 Å². The van der Waals surface area contributed by atoms with Crippen LogP contribution in [0, 0.1) is 0 Å². The number of ether oxygens (including phenoxy) is 1. The molecule has 0 aliphatic heterocycles. The van der Waals surface area contributed by atoms with Gasteiger partial charge in [-0.1, -0.05) is 24.3 Å². The number of hydrogen-bond donors (Lipinski definition) is 2. The molecule has 0 unspecified atom stereocenters. The van der Waals surface area contributed by atoms with E-state index in [1.165, 1.54) is 0 Å². The van der Waals surface area contributed by atoms with Crippen molar-refractivity contribution in [3.8, 4) is 16.9 Å². The number of fused-ring (bicyclic) bond motifs is 1. The molecule has 21 heavy (non-hydrogen) atoms. The number of para-hydroxylation sites is 1. The zero-order valence-corrected chi connectivity index (χ0v) is 11.9. The van der Waals surface area contributed by atoms with Crippen LogP contribution in [0.3, 0.4) is 0 Å². The van der Waals surface area contributed by atoms with E-state index in [4.69, 9.17) is 10.5 Å². The van der Waals surface area contributed by atoms with Crippen LogP contribution in [0.15, 0.2) is 42.5 Å². The van der Waals surface area contributed by atoms with Crippen LogP contribution in [0.4, 0.5) is 11.8 Å². The van der Waals surface area contributed by atoms with Gasteiger partial charge >= 0.3 is 0 Å². The van der Waals surface area contributed by atoms with Gasteiger partial charge in [-0.15, -0.1) is 0 Å². The highest BCUT2D eigenvalue weighted by Crippen LogP contribution is 2.32. The van der Waals surface area contributed by atoms with E-state index in [9.17, 15) is 0 Å². The second-order valence-electron chi connectivity index (χ2n) is 4.61. The average Bonchev–Trinajstić information content (AvgIpc) is 2.53. The summed E-state index contributed by atoms with van der Waals surface area (Å²) in [4.78, 5) is 8.50. The number of nitrogens with zero attached hydrogens (tertiary/aromatic N) is 2. The summed E-state index contributed by atoms with van der Waals surface area (Å²) in [6, 6.07) is 13.9. The number of nitrogens with one attached hydrogen (secondary N) is 1. The maximum absolute atomic E-state index is 5.76. The number of benzene rings is 2. The van der Waals surface area contributed by atoms with Gasteiger partial charge in [0.05, 0.1) is 12.6 Å². The van der Waals surface area contributed by atoms with E-state index in [0.717, 1.165) is 33.6 Å². The van der Waals surface area contributed by atoms with Crippen molar-refractivity contribution < 1.29 is 4.74 Å². The van der Waals surface area contributed by atoms with E-state index in [2.05, 4.69) is 15.3 Å². The molecule has 0 aliphatic carbocycles. The molecule has 5 nitrogen and oxygen atoms in total. The maximum Gasteiger partial charge on any atom is 0.222 e. The Morgan fingerprint density at radius 2 is 1.90 bits per heavy atom. The Morgan fingerprint density at radius 1 is 1.10 bits per heavy atom. The Labute approximate surface area is 122 Å². The second-order valence-corrected chi connectivity index (χ2v) is 4.61. The molecule has 5 heteroatoms. The molecule has 1 heterocycles. The molecule has 0 spiro atoms. The van der Waals surface area contributed by atoms with Crippen molar-refractivity contribution in [1.29, 1.82) is 0 Å². The monoisotopic (exact) mass is 280 g/mol. The molecule has 0 saturated carbocycles. The van der Waals surface area contributed by atoms with E-state index in [-0.39, 0.29) is 5.95 Å². The van der Waals surface area contributed by atoms with Crippen LogP contribution in [0.5, 0.6) is 5.75 Å². The summed E-state index contributed by atoms with van der Waals surface area (Å²) in [5.41, 5.74) is 8.61. The van der Waals surface area contributed by atoms with Crippen LogP contribution in [-0.2, 0) is 0 Å². The normalized spacial score (nSPS) is 10.6. The van der Waals surface area contributed by atoms with E-state index >= 15 is 0 Å². The molecule has 1 aromatic heterocycles. The van der Waals surface area contributed by atoms with E-state index in [1.807, 2.05) is 49.5 Å². The molecule has 0 atom stereocenters. The molecule has 3 N–H and O–H groups in total. The van der Waals surface area contributed by atoms with Gasteiger partial charge in [0.2, 0.25) is 5.95 Å². The first-order valence-corrected chi connectivity index (χ1v) is 6.61. The highest BCUT2D eigenvalue weighted by atomic mass is 16.5. The quantitative estimate of drug-likeness (QED) is 0.771. The number of anilines is 2. The van der Waals surface area contributed by atoms with Crippen LogP contribution in [0.2, 0.25) is 0 Å². The highest BCUT2D eigenvalue weighted by molar-refractivity contribution is 5.93. The molecular weight excluding hydrogens is 264 g/mol. The first-order chi connectivity index (χ1) is 10.2. The first kappa shape index (κ1) is 13.2. The highest BCUT2D eigenvalue weighted by Gasteiger charge is 2.09. The topological polar surface area (TPSA) is 73.1 Å². The molecule has 0 radical (unpaired) electrons. The third kappa shape index (κ3) is 2.33. The van der Waals surface area contributed by atoms with Crippen LogP contribution in [0.25, 0.3) is 22.0 Å². The zero-order chi connectivity index (χ0) is 14.8. The van der Waals surface area contributed by atoms with E-state index < -0.39 is 0 Å². The minimum Gasteiger partial charge on any atom is -0.496 e. The Bertz CT molecular complexity index is 801. The number of hydrogen-bond acceptors (Lipinski definition) is 5. The molecule has 0 fully saturated rings. The molecular formula is C16H16N4O. The third-order valence-electron chi connectivity index (χ3n) is 3.37. The van der Waals surface area contributed by atoms with Crippen molar-refractivity contribution in [2.75, 3.05) is 25.2 Å². The number of nitrogen functional groups attached to an aromatic ring is 1. The lowest BCUT2D eigenvalue weighted by Crippen LogP contribution is -2.01.